The van der Waals surface area contributed by atoms with Crippen molar-refractivity contribution in [2.75, 3.05) is 19.5 Å². The third-order valence-corrected chi connectivity index (χ3v) is 7.68. The van der Waals surface area contributed by atoms with Gasteiger partial charge in [-0.3, -0.25) is 14.2 Å². The summed E-state index contributed by atoms with van der Waals surface area (Å²) >= 11 is 3.24. The number of nitrogens with zero attached hydrogens (tertiary/aromatic N) is 2. The number of hydrogen-bond donors (Lipinski definition) is 0. The van der Waals surface area contributed by atoms with Crippen LogP contribution in [0.3, 0.4) is 0 Å². The number of carbonyl (C=O) groups is 1. The van der Waals surface area contributed by atoms with Gasteiger partial charge >= 0.3 is 0 Å². The topological polar surface area (TPSA) is 61.2 Å². The zero-order valence-corrected chi connectivity index (χ0v) is 18.8. The van der Waals surface area contributed by atoms with Gasteiger partial charge in [-0.25, -0.2) is 4.98 Å². The number of rotatable bonds is 9. The second-order valence-corrected chi connectivity index (χ2v) is 9.62. The van der Waals surface area contributed by atoms with Crippen molar-refractivity contribution in [1.82, 2.24) is 9.55 Å². The molecule has 7 heteroatoms. The second-order valence-electron chi connectivity index (χ2n) is 7.48. The maximum Gasteiger partial charge on any atom is 0.263 e. The number of Topliss-reactive ketones (excluding diaryl/α,β-unsaturated/α-hetero) is 1. The van der Waals surface area contributed by atoms with Crippen molar-refractivity contribution in [3.63, 3.8) is 0 Å². The molecule has 0 radical (unpaired) electrons. The fourth-order valence-corrected chi connectivity index (χ4v) is 6.14. The normalized spacial score (nSPS) is 13.5. The summed E-state index contributed by atoms with van der Waals surface area (Å²) < 4.78 is 6.99. The highest BCUT2D eigenvalue weighted by atomic mass is 32.2. The Labute approximate surface area is 184 Å². The van der Waals surface area contributed by atoms with E-state index in [0.717, 1.165) is 52.4 Å². The zero-order chi connectivity index (χ0) is 20.9. The van der Waals surface area contributed by atoms with E-state index < -0.39 is 0 Å². The molecule has 5 nitrogen and oxygen atoms in total. The Bertz CT molecular complexity index is 1090. The van der Waals surface area contributed by atoms with E-state index in [1.54, 1.807) is 34.8 Å². The molecule has 158 valence electrons. The molecular weight excluding hydrogens is 416 g/mol. The van der Waals surface area contributed by atoms with Crippen LogP contribution >= 0.6 is 23.1 Å². The van der Waals surface area contributed by atoms with E-state index >= 15 is 0 Å². The van der Waals surface area contributed by atoms with Gasteiger partial charge in [0.25, 0.3) is 5.56 Å². The molecule has 2 heterocycles. The Morgan fingerprint density at radius 2 is 2.03 bits per heavy atom. The predicted molar refractivity (Wildman–Crippen MR) is 123 cm³/mol. The summed E-state index contributed by atoms with van der Waals surface area (Å²) in [5.74, 6) is 0.900. The van der Waals surface area contributed by atoms with Crippen LogP contribution in [0.4, 0.5) is 0 Å². The van der Waals surface area contributed by atoms with Crippen molar-refractivity contribution in [2.45, 2.75) is 50.2 Å². The summed E-state index contributed by atoms with van der Waals surface area (Å²) in [7, 11) is 1.64. The van der Waals surface area contributed by atoms with Crippen molar-refractivity contribution in [1.29, 1.82) is 0 Å². The molecule has 1 aliphatic carbocycles. The largest absolute Gasteiger partial charge is 0.383 e. The van der Waals surface area contributed by atoms with Crippen LogP contribution in [0.2, 0.25) is 0 Å². The number of methoxy groups -OCH3 is 1. The molecule has 0 fully saturated rings. The van der Waals surface area contributed by atoms with Crippen molar-refractivity contribution in [2.24, 2.45) is 0 Å². The number of thiophene rings is 1. The first-order valence-corrected chi connectivity index (χ1v) is 12.2. The lowest BCUT2D eigenvalue weighted by atomic mass is 9.97. The highest BCUT2D eigenvalue weighted by Crippen LogP contribution is 2.34. The van der Waals surface area contributed by atoms with E-state index in [-0.39, 0.29) is 11.3 Å². The molecule has 4 rings (SSSR count). The highest BCUT2D eigenvalue weighted by molar-refractivity contribution is 7.99. The molecule has 0 N–H and O–H groups in total. The zero-order valence-electron chi connectivity index (χ0n) is 17.2. The molecule has 0 unspecified atom stereocenters. The summed E-state index contributed by atoms with van der Waals surface area (Å²) in [4.78, 5) is 32.7. The van der Waals surface area contributed by atoms with E-state index in [2.05, 4.69) is 0 Å². The molecule has 0 spiro atoms. The molecular formula is C23H26N2O3S2. The Hall–Kier alpha value is -1.96. The maximum atomic E-state index is 13.3. The van der Waals surface area contributed by atoms with E-state index in [1.165, 1.54) is 16.9 Å². The van der Waals surface area contributed by atoms with E-state index in [0.29, 0.717) is 19.6 Å². The van der Waals surface area contributed by atoms with Gasteiger partial charge in [-0.15, -0.1) is 11.3 Å². The molecule has 2 aromatic heterocycles. The van der Waals surface area contributed by atoms with Crippen LogP contribution in [0.1, 0.15) is 46.5 Å². The Morgan fingerprint density at radius 1 is 1.23 bits per heavy atom. The average Bonchev–Trinajstić information content (AvgIpc) is 3.15. The summed E-state index contributed by atoms with van der Waals surface area (Å²) in [5, 5.41) is 1.55. The van der Waals surface area contributed by atoms with Crippen LogP contribution in [-0.2, 0) is 24.1 Å². The van der Waals surface area contributed by atoms with Gasteiger partial charge in [-0.05, 0) is 37.7 Å². The highest BCUT2D eigenvalue weighted by Gasteiger charge is 2.22. The van der Waals surface area contributed by atoms with E-state index in [4.69, 9.17) is 9.72 Å². The molecule has 30 heavy (non-hydrogen) atoms. The fourth-order valence-electron chi connectivity index (χ4n) is 3.87. The molecule has 0 amide bonds. The van der Waals surface area contributed by atoms with Gasteiger partial charge in [0.05, 0.1) is 18.5 Å². The van der Waals surface area contributed by atoms with Crippen molar-refractivity contribution >= 4 is 39.1 Å². The molecule has 3 aromatic rings. The third-order valence-electron chi connectivity index (χ3n) is 5.43. The standard InChI is InChI=1S/C23H26N2O3S2/c1-28-14-13-25-22(27)20-17-10-5-6-12-19(17)30-21(20)24-23(25)29-15-7-11-18(26)16-8-3-2-4-9-16/h2-4,8-9H,5-7,10-15H2,1H3. The Kier molecular flexibility index (Phi) is 7.02. The van der Waals surface area contributed by atoms with Crippen LogP contribution in [0.5, 0.6) is 0 Å². The van der Waals surface area contributed by atoms with Crippen molar-refractivity contribution in [3.05, 3.63) is 56.7 Å². The third kappa shape index (κ3) is 4.53. The van der Waals surface area contributed by atoms with Crippen LogP contribution in [0, 0.1) is 0 Å². The number of carbonyl (C=O) groups excluding carboxylic acids is 1. The number of fused-ring (bicyclic) bond motifs is 3. The molecule has 0 bridgehead atoms. The Balaban J connectivity index is 1.52. The molecule has 0 saturated heterocycles. The lowest BCUT2D eigenvalue weighted by Crippen LogP contribution is -2.25. The lowest BCUT2D eigenvalue weighted by Gasteiger charge is -2.13. The summed E-state index contributed by atoms with van der Waals surface area (Å²) in [6.07, 6.45) is 5.60. The number of ether oxygens (including phenoxy) is 1. The first-order chi connectivity index (χ1) is 14.7. The molecule has 1 aromatic carbocycles. The van der Waals surface area contributed by atoms with Gasteiger partial charge in [-0.2, -0.15) is 0 Å². The van der Waals surface area contributed by atoms with Crippen LogP contribution in [0.25, 0.3) is 10.2 Å². The number of aryl methyl sites for hydroxylation is 2. The monoisotopic (exact) mass is 442 g/mol. The molecule has 0 aliphatic heterocycles. The summed E-state index contributed by atoms with van der Waals surface area (Å²) in [6, 6.07) is 9.39. The number of aromatic nitrogens is 2. The van der Waals surface area contributed by atoms with Crippen LogP contribution in [0.15, 0.2) is 40.3 Å². The molecule has 0 atom stereocenters. The number of ketones is 1. The maximum absolute atomic E-state index is 13.3. The fraction of sp³-hybridized carbons (Fsp3) is 0.435. The minimum Gasteiger partial charge on any atom is -0.383 e. The SMILES string of the molecule is COCCn1c(SCCCC(=O)c2ccccc2)nc2sc3c(c2c1=O)CCCC3. The van der Waals surface area contributed by atoms with E-state index in [9.17, 15) is 9.59 Å². The van der Waals surface area contributed by atoms with Crippen molar-refractivity contribution in [3.8, 4) is 0 Å². The molecule has 1 aliphatic rings. The van der Waals surface area contributed by atoms with Crippen LogP contribution < -0.4 is 5.56 Å². The summed E-state index contributed by atoms with van der Waals surface area (Å²) in [5.41, 5.74) is 2.03. The van der Waals surface area contributed by atoms with Gasteiger partial charge in [0.1, 0.15) is 4.83 Å². The first kappa shape index (κ1) is 21.3. The van der Waals surface area contributed by atoms with Gasteiger partial charge in [-0.1, -0.05) is 42.1 Å². The lowest BCUT2D eigenvalue weighted by molar-refractivity contribution is 0.0982. The number of benzene rings is 1. The summed E-state index contributed by atoms with van der Waals surface area (Å²) in [6.45, 7) is 0.966. The second kappa shape index (κ2) is 9.90. The van der Waals surface area contributed by atoms with Crippen molar-refractivity contribution < 1.29 is 9.53 Å². The predicted octanol–water partition coefficient (Wildman–Crippen LogP) is 4.74. The minimum atomic E-state index is 0.0549. The van der Waals surface area contributed by atoms with Gasteiger partial charge in [0.15, 0.2) is 10.9 Å². The van der Waals surface area contributed by atoms with Gasteiger partial charge < -0.3 is 4.74 Å². The smallest absolute Gasteiger partial charge is 0.263 e. The number of thioether (sulfide) groups is 1. The number of hydrogen-bond acceptors (Lipinski definition) is 6. The average molecular weight is 443 g/mol. The molecule has 0 saturated carbocycles. The van der Waals surface area contributed by atoms with Crippen LogP contribution in [-0.4, -0.2) is 34.8 Å². The van der Waals surface area contributed by atoms with Gasteiger partial charge in [0, 0.05) is 29.7 Å². The van der Waals surface area contributed by atoms with E-state index in [1.807, 2.05) is 30.3 Å². The quantitative estimate of drug-likeness (QED) is 0.207. The minimum absolute atomic E-state index is 0.0549. The van der Waals surface area contributed by atoms with Gasteiger partial charge in [0.2, 0.25) is 0 Å². The Morgan fingerprint density at radius 3 is 2.83 bits per heavy atom. The first-order valence-electron chi connectivity index (χ1n) is 10.4.